The maximum absolute atomic E-state index is 12.7. The van der Waals surface area contributed by atoms with Crippen LogP contribution in [0.4, 0.5) is 16.4 Å². The predicted molar refractivity (Wildman–Crippen MR) is 108 cm³/mol. The molecule has 0 amide bonds. The monoisotopic (exact) mass is 397 g/mol. The molecular formula is C20H23N5O4. The Kier molecular flexibility index (Phi) is 4.96. The zero-order valence-corrected chi connectivity index (χ0v) is 16.4. The summed E-state index contributed by atoms with van der Waals surface area (Å²) in [5.41, 5.74) is 1.92. The third-order valence-electron chi connectivity index (χ3n) is 5.32. The number of carbonyl (C=O) groups is 1. The smallest absolute Gasteiger partial charge is 0.449 e. The Balaban J connectivity index is 1.74. The SMILES string of the molecule is Cc1nc(Nc2cc(OC(=O)O)n(C)c2)nc2c1ccc(=O)n2C1CCCCC1. The van der Waals surface area contributed by atoms with E-state index in [4.69, 9.17) is 9.84 Å². The largest absolute Gasteiger partial charge is 0.512 e. The topological polar surface area (TPSA) is 111 Å². The Morgan fingerprint density at radius 3 is 2.72 bits per heavy atom. The van der Waals surface area contributed by atoms with Crippen LogP contribution in [0.2, 0.25) is 0 Å². The fourth-order valence-electron chi connectivity index (χ4n) is 3.97. The number of fused-ring (bicyclic) bond motifs is 1. The molecule has 2 N–H and O–H groups in total. The fraction of sp³-hybridized carbons (Fsp3) is 0.400. The van der Waals surface area contributed by atoms with Gasteiger partial charge in [0.25, 0.3) is 5.56 Å². The van der Waals surface area contributed by atoms with Crippen molar-refractivity contribution in [3.8, 4) is 5.88 Å². The lowest BCUT2D eigenvalue weighted by Crippen LogP contribution is -2.27. The highest BCUT2D eigenvalue weighted by atomic mass is 16.7. The van der Waals surface area contributed by atoms with Crippen molar-refractivity contribution in [1.29, 1.82) is 0 Å². The minimum absolute atomic E-state index is 0.0506. The van der Waals surface area contributed by atoms with Crippen molar-refractivity contribution in [2.24, 2.45) is 7.05 Å². The van der Waals surface area contributed by atoms with E-state index in [2.05, 4.69) is 15.3 Å². The highest BCUT2D eigenvalue weighted by Gasteiger charge is 2.20. The number of aryl methyl sites for hydroxylation is 2. The van der Waals surface area contributed by atoms with Crippen molar-refractivity contribution >= 4 is 28.8 Å². The van der Waals surface area contributed by atoms with Gasteiger partial charge in [0, 0.05) is 36.8 Å². The van der Waals surface area contributed by atoms with Gasteiger partial charge in [-0.25, -0.2) is 9.78 Å². The minimum atomic E-state index is -1.38. The number of pyridine rings is 1. The lowest BCUT2D eigenvalue weighted by atomic mass is 9.95. The quantitative estimate of drug-likeness (QED) is 0.645. The van der Waals surface area contributed by atoms with Gasteiger partial charge in [0.05, 0.1) is 11.4 Å². The summed E-state index contributed by atoms with van der Waals surface area (Å²) < 4.78 is 8.07. The maximum atomic E-state index is 12.7. The van der Waals surface area contributed by atoms with Crippen molar-refractivity contribution in [3.63, 3.8) is 0 Å². The number of ether oxygens (including phenoxy) is 1. The van der Waals surface area contributed by atoms with E-state index in [1.54, 1.807) is 40.6 Å². The summed E-state index contributed by atoms with van der Waals surface area (Å²) in [5, 5.41) is 12.8. The maximum Gasteiger partial charge on any atom is 0.512 e. The molecule has 0 unspecified atom stereocenters. The normalized spacial score (nSPS) is 14.8. The molecule has 1 aliphatic carbocycles. The van der Waals surface area contributed by atoms with Gasteiger partial charge in [0.15, 0.2) is 0 Å². The van der Waals surface area contributed by atoms with Gasteiger partial charge in [0.1, 0.15) is 5.65 Å². The predicted octanol–water partition coefficient (Wildman–Crippen LogP) is 3.74. The summed E-state index contributed by atoms with van der Waals surface area (Å²) in [6.45, 7) is 1.88. The van der Waals surface area contributed by atoms with Crippen LogP contribution in [-0.2, 0) is 7.05 Å². The van der Waals surface area contributed by atoms with Gasteiger partial charge in [-0.1, -0.05) is 19.3 Å². The second-order valence-electron chi connectivity index (χ2n) is 7.37. The van der Waals surface area contributed by atoms with Crippen LogP contribution < -0.4 is 15.6 Å². The molecule has 0 saturated heterocycles. The lowest BCUT2D eigenvalue weighted by Gasteiger charge is -2.25. The summed E-state index contributed by atoms with van der Waals surface area (Å²) in [6, 6.07) is 5.07. The first-order valence-corrected chi connectivity index (χ1v) is 9.66. The number of carboxylic acid groups (broad SMARTS) is 1. The average molecular weight is 397 g/mol. The Hall–Kier alpha value is -3.36. The number of hydrogen-bond donors (Lipinski definition) is 2. The summed E-state index contributed by atoms with van der Waals surface area (Å²) in [5.74, 6) is 0.522. The highest BCUT2D eigenvalue weighted by Crippen LogP contribution is 2.30. The van der Waals surface area contributed by atoms with Gasteiger partial charge in [-0.2, -0.15) is 4.98 Å². The first-order valence-electron chi connectivity index (χ1n) is 9.66. The summed E-state index contributed by atoms with van der Waals surface area (Å²) in [4.78, 5) is 32.6. The Morgan fingerprint density at radius 2 is 2.00 bits per heavy atom. The van der Waals surface area contributed by atoms with Gasteiger partial charge in [-0.15, -0.1) is 0 Å². The van der Waals surface area contributed by atoms with Crippen molar-refractivity contribution in [2.75, 3.05) is 5.32 Å². The molecular weight excluding hydrogens is 374 g/mol. The standard InChI is InChI=1S/C20H23N5O4/c1-12-15-8-9-16(26)25(14-6-4-3-5-7-14)18(15)23-19(21-12)22-13-10-17(24(2)11-13)29-20(27)28/h8-11,14H,3-7H2,1-2H3,(H,27,28)(H,21,22,23). The molecule has 9 heteroatoms. The molecule has 1 aliphatic rings. The third-order valence-corrected chi connectivity index (χ3v) is 5.32. The zero-order chi connectivity index (χ0) is 20.5. The summed E-state index contributed by atoms with van der Waals surface area (Å²) >= 11 is 0. The number of nitrogens with zero attached hydrogens (tertiary/aromatic N) is 4. The molecule has 152 valence electrons. The molecule has 4 rings (SSSR count). The Bertz CT molecular complexity index is 1130. The van der Waals surface area contributed by atoms with Gasteiger partial charge in [-0.05, 0) is 25.8 Å². The van der Waals surface area contributed by atoms with Crippen molar-refractivity contribution in [3.05, 3.63) is 40.4 Å². The Labute approximate surface area is 167 Å². The van der Waals surface area contributed by atoms with E-state index < -0.39 is 6.16 Å². The fourth-order valence-corrected chi connectivity index (χ4v) is 3.97. The average Bonchev–Trinajstić information content (AvgIpc) is 3.00. The van der Waals surface area contributed by atoms with E-state index in [0.717, 1.165) is 36.8 Å². The van der Waals surface area contributed by atoms with Crippen LogP contribution >= 0.6 is 0 Å². The first kappa shape index (κ1) is 19.0. The molecule has 0 atom stereocenters. The van der Waals surface area contributed by atoms with Crippen LogP contribution in [0.3, 0.4) is 0 Å². The molecule has 3 heterocycles. The van der Waals surface area contributed by atoms with Crippen LogP contribution in [0.15, 0.2) is 29.2 Å². The van der Waals surface area contributed by atoms with Crippen molar-refractivity contribution < 1.29 is 14.6 Å². The van der Waals surface area contributed by atoms with E-state index in [1.165, 1.54) is 6.42 Å². The van der Waals surface area contributed by atoms with Crippen LogP contribution in [0.1, 0.15) is 43.8 Å². The van der Waals surface area contributed by atoms with E-state index in [0.29, 0.717) is 17.3 Å². The van der Waals surface area contributed by atoms with Crippen molar-refractivity contribution in [2.45, 2.75) is 45.1 Å². The number of anilines is 2. The van der Waals surface area contributed by atoms with Gasteiger partial charge < -0.3 is 19.7 Å². The van der Waals surface area contributed by atoms with Crippen molar-refractivity contribution in [1.82, 2.24) is 19.1 Å². The molecule has 0 spiro atoms. The third kappa shape index (κ3) is 3.80. The second kappa shape index (κ2) is 7.57. The van der Waals surface area contributed by atoms with Gasteiger partial charge in [0.2, 0.25) is 11.8 Å². The molecule has 3 aromatic heterocycles. The van der Waals surface area contributed by atoms with E-state index in [1.807, 2.05) is 6.92 Å². The summed E-state index contributed by atoms with van der Waals surface area (Å²) in [6.07, 6.45) is 5.66. The molecule has 0 aromatic carbocycles. The molecule has 1 saturated carbocycles. The molecule has 29 heavy (non-hydrogen) atoms. The zero-order valence-electron chi connectivity index (χ0n) is 16.4. The van der Waals surface area contributed by atoms with E-state index in [-0.39, 0.29) is 17.5 Å². The van der Waals surface area contributed by atoms with Crippen LogP contribution in [0.25, 0.3) is 11.0 Å². The van der Waals surface area contributed by atoms with E-state index in [9.17, 15) is 9.59 Å². The van der Waals surface area contributed by atoms with E-state index >= 15 is 0 Å². The number of aromatic nitrogens is 4. The molecule has 0 bridgehead atoms. The lowest BCUT2D eigenvalue weighted by molar-refractivity contribution is 0.141. The molecule has 0 radical (unpaired) electrons. The first-order chi connectivity index (χ1) is 13.9. The molecule has 9 nitrogen and oxygen atoms in total. The number of nitrogens with one attached hydrogen (secondary N) is 1. The number of hydrogen-bond acceptors (Lipinski definition) is 6. The van der Waals surface area contributed by atoms with Crippen LogP contribution in [0.5, 0.6) is 5.88 Å². The highest BCUT2D eigenvalue weighted by molar-refractivity contribution is 5.79. The van der Waals surface area contributed by atoms with Gasteiger partial charge in [-0.3, -0.25) is 9.36 Å². The molecule has 0 aliphatic heterocycles. The van der Waals surface area contributed by atoms with Crippen LogP contribution in [0, 0.1) is 6.92 Å². The summed E-state index contributed by atoms with van der Waals surface area (Å²) in [7, 11) is 1.68. The second-order valence-corrected chi connectivity index (χ2v) is 7.37. The molecule has 1 fully saturated rings. The van der Waals surface area contributed by atoms with Crippen LogP contribution in [-0.4, -0.2) is 30.4 Å². The molecule has 3 aromatic rings. The minimum Gasteiger partial charge on any atom is -0.449 e. The van der Waals surface area contributed by atoms with Gasteiger partial charge >= 0.3 is 6.16 Å². The Morgan fingerprint density at radius 1 is 1.24 bits per heavy atom. The number of rotatable bonds is 4.